The fourth-order valence-electron chi connectivity index (χ4n) is 2.53. The molecule has 0 saturated carbocycles. The maximum Gasteiger partial charge on any atom is 0.167 e. The molecule has 3 rings (SSSR count). The third-order valence-corrected chi connectivity index (χ3v) is 4.07. The molecule has 0 aliphatic carbocycles. The summed E-state index contributed by atoms with van der Waals surface area (Å²) in [6, 6.07) is 11.9. The van der Waals surface area contributed by atoms with Crippen molar-refractivity contribution in [3.8, 4) is 11.1 Å². The monoisotopic (exact) mass is 283 g/mol. The van der Waals surface area contributed by atoms with Gasteiger partial charge in [-0.2, -0.15) is 0 Å². The van der Waals surface area contributed by atoms with E-state index in [9.17, 15) is 4.79 Å². The molecular weight excluding hydrogens is 270 g/mol. The van der Waals surface area contributed by atoms with Gasteiger partial charge in [0.25, 0.3) is 0 Å². The molecule has 0 saturated heterocycles. The van der Waals surface area contributed by atoms with Gasteiger partial charge in [0, 0.05) is 22.3 Å². The molecule has 3 aromatic rings. The third kappa shape index (κ3) is 1.93. The lowest BCUT2D eigenvalue weighted by Crippen LogP contribution is -1.93. The number of nitrogens with zero attached hydrogens (tertiary/aromatic N) is 1. The van der Waals surface area contributed by atoms with Crippen molar-refractivity contribution in [2.75, 3.05) is 0 Å². The topological polar surface area (TPSA) is 21.5 Å². The van der Waals surface area contributed by atoms with Gasteiger partial charge >= 0.3 is 0 Å². The molecular formula is C17H14ClNO. The number of halogens is 1. The van der Waals surface area contributed by atoms with Crippen LogP contribution in [-0.4, -0.2) is 10.7 Å². The number of fused-ring (bicyclic) bond motifs is 1. The van der Waals surface area contributed by atoms with Crippen molar-refractivity contribution >= 4 is 23.4 Å². The highest BCUT2D eigenvalue weighted by atomic mass is 35.5. The third-order valence-electron chi connectivity index (χ3n) is 3.64. The molecule has 0 aliphatic heterocycles. The quantitative estimate of drug-likeness (QED) is 0.625. The number of hydrogen-bond donors (Lipinski definition) is 0. The Morgan fingerprint density at radius 3 is 2.60 bits per heavy atom. The Balaban J connectivity index is 2.33. The van der Waals surface area contributed by atoms with Crippen LogP contribution in [0.3, 0.4) is 0 Å². The van der Waals surface area contributed by atoms with E-state index in [0.29, 0.717) is 5.69 Å². The molecule has 2 nitrogen and oxygen atoms in total. The maximum absolute atomic E-state index is 11.5. The number of rotatable bonds is 2. The second kappa shape index (κ2) is 4.80. The summed E-state index contributed by atoms with van der Waals surface area (Å²) in [7, 11) is 0. The maximum atomic E-state index is 11.5. The number of carbonyl (C=O) groups excluding carboxylic acids is 1. The lowest BCUT2D eigenvalue weighted by atomic mass is 10.0. The molecule has 0 spiro atoms. The summed E-state index contributed by atoms with van der Waals surface area (Å²) in [4.78, 5) is 11.5. The van der Waals surface area contributed by atoms with E-state index in [0.717, 1.165) is 39.1 Å². The summed E-state index contributed by atoms with van der Waals surface area (Å²) in [5.41, 5.74) is 5.83. The van der Waals surface area contributed by atoms with E-state index in [2.05, 4.69) is 6.07 Å². The molecule has 100 valence electrons. The number of benzene rings is 1. The summed E-state index contributed by atoms with van der Waals surface area (Å²) in [6.45, 7) is 4.01. The van der Waals surface area contributed by atoms with E-state index < -0.39 is 0 Å². The highest BCUT2D eigenvalue weighted by Crippen LogP contribution is 2.30. The van der Waals surface area contributed by atoms with Gasteiger partial charge in [-0.15, -0.1) is 0 Å². The SMILES string of the molecule is Cc1cc(-c2cc3c(C)cccn3c2C=O)ccc1Cl. The van der Waals surface area contributed by atoms with Crippen LogP contribution in [0.15, 0.2) is 42.6 Å². The predicted molar refractivity (Wildman–Crippen MR) is 82.7 cm³/mol. The number of aromatic nitrogens is 1. The molecule has 0 aliphatic rings. The molecule has 1 aromatic carbocycles. The highest BCUT2D eigenvalue weighted by molar-refractivity contribution is 6.31. The Hall–Kier alpha value is -2.06. The minimum Gasteiger partial charge on any atom is -0.313 e. The Morgan fingerprint density at radius 1 is 1.10 bits per heavy atom. The zero-order valence-corrected chi connectivity index (χ0v) is 12.1. The van der Waals surface area contributed by atoms with Crippen molar-refractivity contribution in [3.63, 3.8) is 0 Å². The standard InChI is InChI=1S/C17H14ClNO/c1-11-4-3-7-19-16(11)9-14(17(19)10-20)13-5-6-15(18)12(2)8-13/h3-10H,1-2H3. The fourth-order valence-corrected chi connectivity index (χ4v) is 2.64. The van der Waals surface area contributed by atoms with Crippen LogP contribution in [0.1, 0.15) is 21.6 Å². The minimum atomic E-state index is 0.672. The smallest absolute Gasteiger partial charge is 0.167 e. The second-order valence-electron chi connectivity index (χ2n) is 4.97. The van der Waals surface area contributed by atoms with Crippen LogP contribution in [0.2, 0.25) is 5.02 Å². The van der Waals surface area contributed by atoms with Crippen molar-refractivity contribution in [3.05, 3.63) is 64.4 Å². The Morgan fingerprint density at radius 2 is 1.90 bits per heavy atom. The van der Waals surface area contributed by atoms with Gasteiger partial charge in [0.05, 0.1) is 5.69 Å². The van der Waals surface area contributed by atoms with Crippen molar-refractivity contribution in [1.82, 2.24) is 4.40 Å². The number of hydrogen-bond acceptors (Lipinski definition) is 1. The highest BCUT2D eigenvalue weighted by Gasteiger charge is 2.13. The first-order chi connectivity index (χ1) is 9.61. The van der Waals surface area contributed by atoms with Crippen molar-refractivity contribution in [2.45, 2.75) is 13.8 Å². The van der Waals surface area contributed by atoms with E-state index in [1.54, 1.807) is 0 Å². The molecule has 0 radical (unpaired) electrons. The Bertz CT molecular complexity index is 817. The van der Waals surface area contributed by atoms with Gasteiger partial charge in [-0.3, -0.25) is 4.79 Å². The first-order valence-corrected chi connectivity index (χ1v) is 6.82. The minimum absolute atomic E-state index is 0.672. The Labute approximate surface area is 122 Å². The van der Waals surface area contributed by atoms with Crippen LogP contribution in [0.5, 0.6) is 0 Å². The second-order valence-corrected chi connectivity index (χ2v) is 5.38. The van der Waals surface area contributed by atoms with E-state index in [1.807, 2.05) is 54.8 Å². The van der Waals surface area contributed by atoms with Crippen molar-refractivity contribution in [2.24, 2.45) is 0 Å². The lowest BCUT2D eigenvalue weighted by molar-refractivity contribution is 0.111. The summed E-state index contributed by atoms with van der Waals surface area (Å²) >= 11 is 6.07. The van der Waals surface area contributed by atoms with Gasteiger partial charge in [0.1, 0.15) is 0 Å². The first-order valence-electron chi connectivity index (χ1n) is 6.44. The van der Waals surface area contributed by atoms with E-state index >= 15 is 0 Å². The number of aryl methyl sites for hydroxylation is 2. The van der Waals surface area contributed by atoms with Crippen LogP contribution >= 0.6 is 11.6 Å². The Kier molecular flexibility index (Phi) is 3.11. The average Bonchev–Trinajstić information content (AvgIpc) is 2.82. The number of carbonyl (C=O) groups is 1. The molecule has 0 N–H and O–H groups in total. The van der Waals surface area contributed by atoms with Gasteiger partial charge in [-0.1, -0.05) is 23.7 Å². The fraction of sp³-hybridized carbons (Fsp3) is 0.118. The van der Waals surface area contributed by atoms with Gasteiger partial charge in [-0.25, -0.2) is 0 Å². The van der Waals surface area contributed by atoms with Crippen LogP contribution in [0.4, 0.5) is 0 Å². The van der Waals surface area contributed by atoms with Crippen molar-refractivity contribution in [1.29, 1.82) is 0 Å². The molecule has 0 unspecified atom stereocenters. The number of pyridine rings is 1. The van der Waals surface area contributed by atoms with Gasteiger partial charge in [0.15, 0.2) is 6.29 Å². The summed E-state index contributed by atoms with van der Waals surface area (Å²) in [5, 5.41) is 0.737. The zero-order chi connectivity index (χ0) is 14.3. The van der Waals surface area contributed by atoms with Crippen LogP contribution in [0, 0.1) is 13.8 Å². The zero-order valence-electron chi connectivity index (χ0n) is 11.4. The molecule has 2 aromatic heterocycles. The van der Waals surface area contributed by atoms with E-state index in [-0.39, 0.29) is 0 Å². The first kappa shape index (κ1) is 12.9. The van der Waals surface area contributed by atoms with Crippen LogP contribution in [-0.2, 0) is 0 Å². The predicted octanol–water partition coefficient (Wildman–Crippen LogP) is 4.69. The molecule has 2 heterocycles. The van der Waals surface area contributed by atoms with Crippen LogP contribution in [0.25, 0.3) is 16.6 Å². The lowest BCUT2D eigenvalue weighted by Gasteiger charge is -2.04. The van der Waals surface area contributed by atoms with Crippen molar-refractivity contribution < 1.29 is 4.79 Å². The molecule has 0 atom stereocenters. The van der Waals surface area contributed by atoms with E-state index in [1.165, 1.54) is 0 Å². The largest absolute Gasteiger partial charge is 0.313 e. The normalized spacial score (nSPS) is 10.9. The average molecular weight is 284 g/mol. The summed E-state index contributed by atoms with van der Waals surface area (Å²) in [6.07, 6.45) is 2.82. The molecule has 0 fully saturated rings. The van der Waals surface area contributed by atoms with Gasteiger partial charge in [0.2, 0.25) is 0 Å². The van der Waals surface area contributed by atoms with E-state index in [4.69, 9.17) is 11.6 Å². The summed E-state index contributed by atoms with van der Waals surface area (Å²) in [5.74, 6) is 0. The van der Waals surface area contributed by atoms with Gasteiger partial charge in [-0.05, 0) is 54.8 Å². The summed E-state index contributed by atoms with van der Waals surface area (Å²) < 4.78 is 1.93. The van der Waals surface area contributed by atoms with Gasteiger partial charge < -0.3 is 4.40 Å². The number of aldehydes is 1. The molecule has 0 amide bonds. The molecule has 3 heteroatoms. The molecule has 0 bridgehead atoms. The molecule has 20 heavy (non-hydrogen) atoms. The van der Waals surface area contributed by atoms with Crippen LogP contribution < -0.4 is 0 Å².